The molecule has 2 rings (SSSR count). The second-order valence-electron chi connectivity index (χ2n) is 4.28. The molecule has 0 spiro atoms. The second kappa shape index (κ2) is 5.85. The first kappa shape index (κ1) is 14.9. The largest absolute Gasteiger partial charge is 0.495 e. The van der Waals surface area contributed by atoms with E-state index in [0.29, 0.717) is 22.2 Å². The lowest BCUT2D eigenvalue weighted by Crippen LogP contribution is -2.30. The highest BCUT2D eigenvalue weighted by molar-refractivity contribution is 7.94. The van der Waals surface area contributed by atoms with Crippen molar-refractivity contribution in [3.63, 3.8) is 0 Å². The highest BCUT2D eigenvalue weighted by Gasteiger charge is 2.26. The van der Waals surface area contributed by atoms with Gasteiger partial charge in [0.2, 0.25) is 0 Å². The molecular formula is C14H17NO3S2. The number of hydrogen-bond donors (Lipinski definition) is 0. The molecule has 0 aliphatic carbocycles. The molecular weight excluding hydrogens is 294 g/mol. The molecule has 108 valence electrons. The molecule has 0 radical (unpaired) electrons. The van der Waals surface area contributed by atoms with E-state index in [1.165, 1.54) is 15.6 Å². The molecule has 0 atom stereocenters. The molecule has 4 nitrogen and oxygen atoms in total. The molecule has 0 aliphatic rings. The van der Waals surface area contributed by atoms with Gasteiger partial charge < -0.3 is 4.74 Å². The van der Waals surface area contributed by atoms with Gasteiger partial charge in [0, 0.05) is 6.54 Å². The van der Waals surface area contributed by atoms with E-state index in [1.807, 2.05) is 26.0 Å². The van der Waals surface area contributed by atoms with Crippen molar-refractivity contribution < 1.29 is 13.2 Å². The summed E-state index contributed by atoms with van der Waals surface area (Å²) in [5, 5.41) is 1.76. The van der Waals surface area contributed by atoms with Crippen molar-refractivity contribution in [2.24, 2.45) is 0 Å². The van der Waals surface area contributed by atoms with Crippen LogP contribution < -0.4 is 9.04 Å². The number of rotatable bonds is 5. The maximum absolute atomic E-state index is 12.7. The van der Waals surface area contributed by atoms with Crippen LogP contribution in [0.5, 0.6) is 5.75 Å². The molecule has 0 aliphatic heterocycles. The number of anilines is 1. The number of hydrogen-bond acceptors (Lipinski definition) is 4. The van der Waals surface area contributed by atoms with Gasteiger partial charge in [0.25, 0.3) is 10.0 Å². The fourth-order valence-corrected chi connectivity index (χ4v) is 4.56. The molecule has 0 fully saturated rings. The zero-order valence-corrected chi connectivity index (χ0v) is 13.3. The summed E-state index contributed by atoms with van der Waals surface area (Å²) >= 11 is 1.22. The monoisotopic (exact) mass is 311 g/mol. The molecule has 1 aromatic heterocycles. The van der Waals surface area contributed by atoms with Crippen molar-refractivity contribution in [3.8, 4) is 5.75 Å². The first-order valence-electron chi connectivity index (χ1n) is 6.21. The Morgan fingerprint density at radius 1 is 1.30 bits per heavy atom. The van der Waals surface area contributed by atoms with Crippen molar-refractivity contribution >= 4 is 27.0 Å². The van der Waals surface area contributed by atoms with Crippen LogP contribution in [-0.2, 0) is 10.0 Å². The third-order valence-electron chi connectivity index (χ3n) is 2.93. The van der Waals surface area contributed by atoms with E-state index in [0.717, 1.165) is 5.56 Å². The molecule has 0 amide bonds. The first-order valence-corrected chi connectivity index (χ1v) is 8.53. The van der Waals surface area contributed by atoms with Crippen LogP contribution in [0, 0.1) is 6.92 Å². The summed E-state index contributed by atoms with van der Waals surface area (Å²) in [6, 6.07) is 8.86. The standard InChI is InChI=1S/C14H17NO3S2/c1-4-15(20(16,17)14-6-5-9-19-14)12-10-11(2)7-8-13(12)18-3/h5-10H,4H2,1-3H3. The summed E-state index contributed by atoms with van der Waals surface area (Å²) in [6.45, 7) is 4.08. The van der Waals surface area contributed by atoms with Gasteiger partial charge in [0.05, 0.1) is 12.8 Å². The second-order valence-corrected chi connectivity index (χ2v) is 7.31. The number of sulfonamides is 1. The van der Waals surface area contributed by atoms with Crippen LogP contribution in [0.25, 0.3) is 0 Å². The van der Waals surface area contributed by atoms with Crippen LogP contribution in [-0.4, -0.2) is 22.1 Å². The van der Waals surface area contributed by atoms with Crippen LogP contribution in [0.2, 0.25) is 0 Å². The molecule has 1 aromatic carbocycles. The van der Waals surface area contributed by atoms with Crippen LogP contribution in [0.1, 0.15) is 12.5 Å². The van der Waals surface area contributed by atoms with Gasteiger partial charge in [-0.2, -0.15) is 0 Å². The van der Waals surface area contributed by atoms with Gasteiger partial charge in [0.1, 0.15) is 9.96 Å². The molecule has 0 saturated heterocycles. The minimum Gasteiger partial charge on any atom is -0.495 e. The SMILES string of the molecule is CCN(c1cc(C)ccc1OC)S(=O)(=O)c1cccs1. The normalized spacial score (nSPS) is 11.3. The van der Waals surface area contributed by atoms with Crippen LogP contribution in [0.15, 0.2) is 39.9 Å². The van der Waals surface area contributed by atoms with E-state index in [9.17, 15) is 8.42 Å². The zero-order valence-electron chi connectivity index (χ0n) is 11.7. The van der Waals surface area contributed by atoms with E-state index in [2.05, 4.69) is 0 Å². The lowest BCUT2D eigenvalue weighted by atomic mass is 10.2. The number of thiophene rings is 1. The molecule has 0 bridgehead atoms. The predicted molar refractivity (Wildman–Crippen MR) is 82.3 cm³/mol. The topological polar surface area (TPSA) is 46.6 Å². The summed E-state index contributed by atoms with van der Waals surface area (Å²) in [6.07, 6.45) is 0. The fourth-order valence-electron chi connectivity index (χ4n) is 1.98. The summed E-state index contributed by atoms with van der Waals surface area (Å²) in [5.74, 6) is 0.553. The van der Waals surface area contributed by atoms with Gasteiger partial charge in [-0.1, -0.05) is 12.1 Å². The Kier molecular flexibility index (Phi) is 4.35. The van der Waals surface area contributed by atoms with Crippen molar-refractivity contribution in [1.82, 2.24) is 0 Å². The smallest absolute Gasteiger partial charge is 0.273 e. The van der Waals surface area contributed by atoms with Crippen LogP contribution in [0.4, 0.5) is 5.69 Å². The minimum absolute atomic E-state index is 0.336. The van der Waals surface area contributed by atoms with Gasteiger partial charge >= 0.3 is 0 Å². The highest BCUT2D eigenvalue weighted by Crippen LogP contribution is 2.34. The van der Waals surface area contributed by atoms with Gasteiger partial charge in [-0.25, -0.2) is 8.42 Å². The fraction of sp³-hybridized carbons (Fsp3) is 0.286. The molecule has 1 heterocycles. The van der Waals surface area contributed by atoms with Gasteiger partial charge in [0.15, 0.2) is 0 Å². The van der Waals surface area contributed by atoms with Crippen molar-refractivity contribution in [2.45, 2.75) is 18.1 Å². The van der Waals surface area contributed by atoms with Gasteiger partial charge in [-0.15, -0.1) is 11.3 Å². The first-order chi connectivity index (χ1) is 9.50. The molecule has 20 heavy (non-hydrogen) atoms. The average Bonchev–Trinajstić information content (AvgIpc) is 2.94. The van der Waals surface area contributed by atoms with E-state index in [4.69, 9.17) is 4.74 Å². The van der Waals surface area contributed by atoms with Crippen LogP contribution >= 0.6 is 11.3 Å². The Morgan fingerprint density at radius 3 is 2.60 bits per heavy atom. The average molecular weight is 311 g/mol. The molecule has 0 unspecified atom stereocenters. The zero-order chi connectivity index (χ0) is 14.8. The minimum atomic E-state index is -3.54. The Labute approximate surface area is 123 Å². The maximum atomic E-state index is 12.7. The van der Waals surface area contributed by atoms with E-state index in [-0.39, 0.29) is 0 Å². The Hall–Kier alpha value is -1.53. The van der Waals surface area contributed by atoms with Gasteiger partial charge in [-0.05, 0) is 43.0 Å². The molecule has 2 aromatic rings. The maximum Gasteiger partial charge on any atom is 0.273 e. The molecule has 0 N–H and O–H groups in total. The van der Waals surface area contributed by atoms with Crippen LogP contribution in [0.3, 0.4) is 0 Å². The quantitative estimate of drug-likeness (QED) is 0.851. The van der Waals surface area contributed by atoms with Gasteiger partial charge in [-0.3, -0.25) is 4.31 Å². The summed E-state index contributed by atoms with van der Waals surface area (Å²) in [7, 11) is -2.00. The lowest BCUT2D eigenvalue weighted by Gasteiger charge is -2.24. The van der Waals surface area contributed by atoms with E-state index < -0.39 is 10.0 Å². The number of aryl methyl sites for hydroxylation is 1. The van der Waals surface area contributed by atoms with E-state index in [1.54, 1.807) is 30.7 Å². The molecule has 6 heteroatoms. The number of nitrogens with zero attached hydrogens (tertiary/aromatic N) is 1. The Morgan fingerprint density at radius 2 is 2.05 bits per heavy atom. The summed E-state index contributed by atoms with van der Waals surface area (Å²) in [5.41, 5.74) is 1.56. The summed E-state index contributed by atoms with van der Waals surface area (Å²) < 4.78 is 32.4. The Bertz CT molecular complexity index is 678. The predicted octanol–water partition coefficient (Wildman–Crippen LogP) is 3.28. The van der Waals surface area contributed by atoms with Crippen molar-refractivity contribution in [2.75, 3.05) is 18.0 Å². The third kappa shape index (κ3) is 2.66. The number of methoxy groups -OCH3 is 1. The third-order valence-corrected chi connectivity index (χ3v) is 6.19. The molecule has 0 saturated carbocycles. The van der Waals surface area contributed by atoms with Crippen molar-refractivity contribution in [3.05, 3.63) is 41.3 Å². The van der Waals surface area contributed by atoms with E-state index >= 15 is 0 Å². The highest BCUT2D eigenvalue weighted by atomic mass is 32.2. The van der Waals surface area contributed by atoms with Crippen molar-refractivity contribution in [1.29, 1.82) is 0 Å². The Balaban J connectivity index is 2.56. The summed E-state index contributed by atoms with van der Waals surface area (Å²) in [4.78, 5) is 0. The number of ether oxygens (including phenoxy) is 1. The lowest BCUT2D eigenvalue weighted by molar-refractivity contribution is 0.415. The number of benzene rings is 1.